The van der Waals surface area contributed by atoms with E-state index in [1.165, 1.54) is 6.08 Å². The summed E-state index contributed by atoms with van der Waals surface area (Å²) in [6.07, 6.45) is 8.83. The molecular formula is C15H22N2O2. The van der Waals surface area contributed by atoms with E-state index in [1.54, 1.807) is 17.7 Å². The molecule has 0 radical (unpaired) electrons. The van der Waals surface area contributed by atoms with E-state index in [-0.39, 0.29) is 11.4 Å². The first-order valence-electron chi connectivity index (χ1n) is 6.40. The van der Waals surface area contributed by atoms with Crippen molar-refractivity contribution in [3.05, 3.63) is 35.7 Å². The first kappa shape index (κ1) is 15.2. The van der Waals surface area contributed by atoms with Crippen molar-refractivity contribution >= 4 is 12.0 Å². The molecule has 0 saturated carbocycles. The van der Waals surface area contributed by atoms with Crippen molar-refractivity contribution in [3.63, 3.8) is 0 Å². The molecule has 1 rings (SSSR count). The van der Waals surface area contributed by atoms with Gasteiger partial charge < -0.3 is 4.74 Å². The van der Waals surface area contributed by atoms with E-state index >= 15 is 0 Å². The lowest BCUT2D eigenvalue weighted by Gasteiger charge is -2.16. The zero-order chi connectivity index (χ0) is 14.5. The topological polar surface area (TPSA) is 44.1 Å². The summed E-state index contributed by atoms with van der Waals surface area (Å²) in [7, 11) is 1.90. The molecule has 0 aromatic carbocycles. The van der Waals surface area contributed by atoms with Crippen LogP contribution in [0, 0.1) is 0 Å². The van der Waals surface area contributed by atoms with Crippen LogP contribution in [0.2, 0.25) is 0 Å². The third-order valence-corrected chi connectivity index (χ3v) is 2.47. The average Bonchev–Trinajstić information content (AvgIpc) is 2.66. The Labute approximate surface area is 114 Å². The second-order valence-electron chi connectivity index (χ2n) is 5.33. The molecule has 1 aromatic rings. The standard InChI is InChI=1S/C15H22N2O2/c1-6-19-13(18)10-8-7-9-12-11-17(5)16-14(12)15(2,3)4/h7-11H,6H2,1-5H3. The van der Waals surface area contributed by atoms with Crippen molar-refractivity contribution in [2.45, 2.75) is 33.1 Å². The van der Waals surface area contributed by atoms with E-state index in [1.807, 2.05) is 25.4 Å². The second-order valence-corrected chi connectivity index (χ2v) is 5.33. The largest absolute Gasteiger partial charge is 0.463 e. The number of allylic oxidation sites excluding steroid dienone is 2. The number of hydrogen-bond donors (Lipinski definition) is 0. The Balaban J connectivity index is 2.80. The highest BCUT2D eigenvalue weighted by atomic mass is 16.5. The van der Waals surface area contributed by atoms with Gasteiger partial charge in [0.1, 0.15) is 0 Å². The number of carbonyl (C=O) groups excluding carboxylic acids is 1. The van der Waals surface area contributed by atoms with E-state index in [0.29, 0.717) is 6.61 Å². The predicted molar refractivity (Wildman–Crippen MR) is 76.7 cm³/mol. The summed E-state index contributed by atoms with van der Waals surface area (Å²) in [5, 5.41) is 4.47. The fourth-order valence-corrected chi connectivity index (χ4v) is 1.70. The normalized spacial score (nSPS) is 12.5. The van der Waals surface area contributed by atoms with Gasteiger partial charge in [0, 0.05) is 30.3 Å². The maximum atomic E-state index is 11.1. The van der Waals surface area contributed by atoms with Crippen LogP contribution in [0.5, 0.6) is 0 Å². The van der Waals surface area contributed by atoms with Crippen LogP contribution < -0.4 is 0 Å². The molecule has 1 heterocycles. The Morgan fingerprint density at radius 2 is 2.11 bits per heavy atom. The Bertz CT molecular complexity index is 491. The number of carbonyl (C=O) groups is 1. The molecule has 0 aliphatic carbocycles. The van der Waals surface area contributed by atoms with Crippen molar-refractivity contribution < 1.29 is 9.53 Å². The van der Waals surface area contributed by atoms with Gasteiger partial charge in [0.05, 0.1) is 12.3 Å². The molecule has 0 saturated heterocycles. The number of hydrogen-bond acceptors (Lipinski definition) is 3. The van der Waals surface area contributed by atoms with Gasteiger partial charge in [0.2, 0.25) is 0 Å². The second kappa shape index (κ2) is 6.36. The van der Waals surface area contributed by atoms with Crippen LogP contribution >= 0.6 is 0 Å². The van der Waals surface area contributed by atoms with Crippen LogP contribution in [0.3, 0.4) is 0 Å². The molecule has 0 fully saturated rings. The monoisotopic (exact) mass is 262 g/mol. The molecular weight excluding hydrogens is 240 g/mol. The molecule has 0 amide bonds. The fourth-order valence-electron chi connectivity index (χ4n) is 1.70. The Morgan fingerprint density at radius 1 is 1.42 bits per heavy atom. The molecule has 4 heteroatoms. The number of aryl methyl sites for hydroxylation is 1. The average molecular weight is 262 g/mol. The zero-order valence-corrected chi connectivity index (χ0v) is 12.3. The number of ether oxygens (including phenoxy) is 1. The molecule has 1 aromatic heterocycles. The van der Waals surface area contributed by atoms with Gasteiger partial charge in [-0.2, -0.15) is 5.10 Å². The minimum Gasteiger partial charge on any atom is -0.463 e. The van der Waals surface area contributed by atoms with E-state index in [9.17, 15) is 4.79 Å². The predicted octanol–water partition coefficient (Wildman–Crippen LogP) is 2.85. The van der Waals surface area contributed by atoms with Gasteiger partial charge in [-0.25, -0.2) is 4.79 Å². The van der Waals surface area contributed by atoms with E-state index in [2.05, 4.69) is 25.9 Å². The van der Waals surface area contributed by atoms with Crippen LogP contribution in [0.4, 0.5) is 0 Å². The lowest BCUT2D eigenvalue weighted by atomic mass is 9.89. The highest BCUT2D eigenvalue weighted by Crippen LogP contribution is 2.24. The van der Waals surface area contributed by atoms with Crippen molar-refractivity contribution in [2.75, 3.05) is 6.61 Å². The van der Waals surface area contributed by atoms with Crippen LogP contribution in [0.15, 0.2) is 24.4 Å². The molecule has 104 valence electrons. The summed E-state index contributed by atoms with van der Waals surface area (Å²) in [5.74, 6) is -0.325. The summed E-state index contributed by atoms with van der Waals surface area (Å²) in [5.41, 5.74) is 2.09. The molecule has 0 N–H and O–H groups in total. The molecule has 4 nitrogen and oxygen atoms in total. The van der Waals surface area contributed by atoms with Gasteiger partial charge in [-0.05, 0) is 6.92 Å². The minimum atomic E-state index is -0.325. The third-order valence-electron chi connectivity index (χ3n) is 2.47. The number of esters is 1. The number of nitrogens with zero attached hydrogens (tertiary/aromatic N) is 2. The summed E-state index contributed by atoms with van der Waals surface area (Å²) in [6.45, 7) is 8.56. The van der Waals surface area contributed by atoms with Crippen LogP contribution in [0.25, 0.3) is 6.08 Å². The number of rotatable bonds is 4. The molecule has 0 bridgehead atoms. The molecule has 0 aliphatic heterocycles. The summed E-state index contributed by atoms with van der Waals surface area (Å²) < 4.78 is 6.60. The maximum Gasteiger partial charge on any atom is 0.330 e. The van der Waals surface area contributed by atoms with Gasteiger partial charge in [0.15, 0.2) is 0 Å². The quantitative estimate of drug-likeness (QED) is 0.476. The molecule has 0 unspecified atom stereocenters. The van der Waals surface area contributed by atoms with Gasteiger partial charge in [-0.15, -0.1) is 0 Å². The van der Waals surface area contributed by atoms with Gasteiger partial charge >= 0.3 is 5.97 Å². The lowest BCUT2D eigenvalue weighted by molar-refractivity contribution is -0.137. The van der Waals surface area contributed by atoms with Crippen LogP contribution in [-0.4, -0.2) is 22.4 Å². The lowest BCUT2D eigenvalue weighted by Crippen LogP contribution is -2.13. The summed E-state index contributed by atoms with van der Waals surface area (Å²) in [4.78, 5) is 11.1. The van der Waals surface area contributed by atoms with Crippen molar-refractivity contribution in [3.8, 4) is 0 Å². The van der Waals surface area contributed by atoms with Crippen LogP contribution in [0.1, 0.15) is 39.0 Å². The Kier molecular flexibility index (Phi) is 5.10. The molecule has 19 heavy (non-hydrogen) atoms. The van der Waals surface area contributed by atoms with Gasteiger partial charge in [-0.1, -0.05) is 39.0 Å². The maximum absolute atomic E-state index is 11.1. The van der Waals surface area contributed by atoms with E-state index in [0.717, 1.165) is 11.3 Å². The highest BCUT2D eigenvalue weighted by molar-refractivity contribution is 5.82. The summed E-state index contributed by atoms with van der Waals surface area (Å²) in [6, 6.07) is 0. The van der Waals surface area contributed by atoms with Gasteiger partial charge in [0.25, 0.3) is 0 Å². The summed E-state index contributed by atoms with van der Waals surface area (Å²) >= 11 is 0. The van der Waals surface area contributed by atoms with Crippen molar-refractivity contribution in [1.29, 1.82) is 0 Å². The smallest absolute Gasteiger partial charge is 0.330 e. The van der Waals surface area contributed by atoms with E-state index in [4.69, 9.17) is 4.74 Å². The highest BCUT2D eigenvalue weighted by Gasteiger charge is 2.20. The van der Waals surface area contributed by atoms with Crippen molar-refractivity contribution in [2.24, 2.45) is 7.05 Å². The first-order valence-corrected chi connectivity index (χ1v) is 6.40. The number of aromatic nitrogens is 2. The Hall–Kier alpha value is -1.84. The zero-order valence-electron chi connectivity index (χ0n) is 12.3. The molecule has 0 aliphatic rings. The minimum absolute atomic E-state index is 0.00815. The third kappa shape index (κ3) is 4.73. The molecule has 0 atom stereocenters. The van der Waals surface area contributed by atoms with Crippen molar-refractivity contribution in [1.82, 2.24) is 9.78 Å². The SMILES string of the molecule is CCOC(=O)C=CC=Cc1cn(C)nc1C(C)(C)C. The fraction of sp³-hybridized carbons (Fsp3) is 0.467. The van der Waals surface area contributed by atoms with E-state index < -0.39 is 0 Å². The van der Waals surface area contributed by atoms with Crippen LogP contribution in [-0.2, 0) is 22.0 Å². The molecule has 0 spiro atoms. The van der Waals surface area contributed by atoms with Gasteiger partial charge in [-0.3, -0.25) is 4.68 Å². The Morgan fingerprint density at radius 3 is 2.68 bits per heavy atom. The first-order chi connectivity index (χ1) is 8.84.